The van der Waals surface area contributed by atoms with Crippen LogP contribution in [0.1, 0.15) is 42.6 Å². The molecule has 1 aromatic heterocycles. The van der Waals surface area contributed by atoms with Crippen molar-refractivity contribution in [3.8, 4) is 0 Å². The van der Waals surface area contributed by atoms with Crippen LogP contribution in [0.3, 0.4) is 0 Å². The van der Waals surface area contributed by atoms with Gasteiger partial charge >= 0.3 is 0 Å². The van der Waals surface area contributed by atoms with Crippen molar-refractivity contribution >= 4 is 11.6 Å². The average Bonchev–Trinajstić information content (AvgIpc) is 2.82. The van der Waals surface area contributed by atoms with Crippen LogP contribution in [0.2, 0.25) is 0 Å². The van der Waals surface area contributed by atoms with Gasteiger partial charge in [0, 0.05) is 6.07 Å². The van der Waals surface area contributed by atoms with Crippen molar-refractivity contribution < 1.29 is 9.32 Å². The number of amides is 1. The van der Waals surface area contributed by atoms with Crippen LogP contribution in [0.15, 0.2) is 34.9 Å². The first kappa shape index (κ1) is 14.1. The van der Waals surface area contributed by atoms with E-state index in [1.54, 1.807) is 13.0 Å². The van der Waals surface area contributed by atoms with E-state index in [0.29, 0.717) is 5.76 Å². The Morgan fingerprint density at radius 1 is 1.20 bits per heavy atom. The Balaban J connectivity index is 1.96. The third-order valence-electron chi connectivity index (χ3n) is 2.93. The fourth-order valence-corrected chi connectivity index (χ4v) is 1.72. The predicted octanol–water partition coefficient (Wildman–Crippen LogP) is 3.04. The maximum Gasteiger partial charge on any atom is 0.291 e. The van der Waals surface area contributed by atoms with E-state index in [-0.39, 0.29) is 17.0 Å². The molecular weight excluding hydrogens is 254 g/mol. The van der Waals surface area contributed by atoms with Crippen molar-refractivity contribution in [2.75, 3.05) is 5.43 Å². The van der Waals surface area contributed by atoms with Crippen LogP contribution in [0, 0.1) is 6.92 Å². The molecule has 1 aromatic carbocycles. The van der Waals surface area contributed by atoms with Crippen molar-refractivity contribution in [3.05, 3.63) is 47.3 Å². The summed E-state index contributed by atoms with van der Waals surface area (Å²) >= 11 is 0. The minimum absolute atomic E-state index is 0.111. The molecule has 0 saturated carbocycles. The molecule has 0 unspecified atom stereocenters. The summed E-state index contributed by atoms with van der Waals surface area (Å²) in [5.41, 5.74) is 7.84. The molecule has 0 aliphatic heterocycles. The van der Waals surface area contributed by atoms with E-state index in [2.05, 4.69) is 36.8 Å². The molecule has 0 atom stereocenters. The molecule has 2 aromatic rings. The molecule has 2 N–H and O–H groups in total. The Hall–Kier alpha value is -2.30. The maximum absolute atomic E-state index is 11.8. The summed E-state index contributed by atoms with van der Waals surface area (Å²) in [5, 5.41) is 3.65. The quantitative estimate of drug-likeness (QED) is 0.843. The van der Waals surface area contributed by atoms with Gasteiger partial charge in [-0.25, -0.2) is 0 Å². The lowest BCUT2D eigenvalue weighted by Crippen LogP contribution is -2.29. The molecule has 0 spiro atoms. The summed E-state index contributed by atoms with van der Waals surface area (Å²) in [6.45, 7) is 8.21. The Morgan fingerprint density at radius 2 is 1.85 bits per heavy atom. The number of nitrogens with zero attached hydrogens (tertiary/aromatic N) is 1. The fraction of sp³-hybridized carbons (Fsp3) is 0.333. The summed E-state index contributed by atoms with van der Waals surface area (Å²) in [4.78, 5) is 11.8. The normalized spacial score (nSPS) is 11.2. The molecule has 0 fully saturated rings. The molecule has 0 aliphatic rings. The lowest BCUT2D eigenvalue weighted by molar-refractivity contribution is 0.0953. The largest absolute Gasteiger partial charge is 0.361 e. The van der Waals surface area contributed by atoms with Gasteiger partial charge in [-0.15, -0.1) is 0 Å². The second-order valence-corrected chi connectivity index (χ2v) is 5.73. The summed E-state index contributed by atoms with van der Waals surface area (Å²) in [6.07, 6.45) is 0. The molecule has 0 aliphatic carbocycles. The second kappa shape index (κ2) is 5.36. The number of carbonyl (C=O) groups excluding carboxylic acids is 1. The van der Waals surface area contributed by atoms with E-state index in [1.807, 2.05) is 24.3 Å². The van der Waals surface area contributed by atoms with Gasteiger partial charge in [-0.05, 0) is 30.0 Å². The number of anilines is 1. The van der Waals surface area contributed by atoms with Gasteiger partial charge in [0.05, 0.1) is 5.69 Å². The Morgan fingerprint density at radius 3 is 2.35 bits per heavy atom. The number of carbonyl (C=O) groups is 1. The standard InChI is InChI=1S/C15H19N3O2/c1-10-9-13(18-20-10)14(19)17-16-12-7-5-11(6-8-12)15(2,3)4/h5-9,16H,1-4H3,(H,17,19). The summed E-state index contributed by atoms with van der Waals surface area (Å²) in [7, 11) is 0. The van der Waals surface area contributed by atoms with E-state index in [0.717, 1.165) is 5.69 Å². The van der Waals surface area contributed by atoms with Crippen LogP contribution in [0.25, 0.3) is 0 Å². The van der Waals surface area contributed by atoms with Gasteiger partial charge in [-0.1, -0.05) is 38.1 Å². The number of aryl methyl sites for hydroxylation is 1. The number of benzene rings is 1. The highest BCUT2D eigenvalue weighted by molar-refractivity contribution is 5.92. The Bertz CT molecular complexity index is 594. The number of hydrogen-bond acceptors (Lipinski definition) is 4. The Kier molecular flexibility index (Phi) is 3.79. The molecule has 1 amide bonds. The van der Waals surface area contributed by atoms with Crippen LogP contribution < -0.4 is 10.9 Å². The zero-order valence-electron chi connectivity index (χ0n) is 12.2. The van der Waals surface area contributed by atoms with Gasteiger partial charge in [0.2, 0.25) is 0 Å². The zero-order valence-corrected chi connectivity index (χ0v) is 12.2. The van der Waals surface area contributed by atoms with Crippen LogP contribution in [-0.4, -0.2) is 11.1 Å². The zero-order chi connectivity index (χ0) is 14.8. The van der Waals surface area contributed by atoms with E-state index >= 15 is 0 Å². The van der Waals surface area contributed by atoms with Crippen LogP contribution >= 0.6 is 0 Å². The van der Waals surface area contributed by atoms with Gasteiger partial charge in [-0.2, -0.15) is 0 Å². The SMILES string of the molecule is Cc1cc(C(=O)NNc2ccc(C(C)(C)C)cc2)no1. The van der Waals surface area contributed by atoms with Gasteiger partial charge in [0.25, 0.3) is 5.91 Å². The van der Waals surface area contributed by atoms with Crippen LogP contribution in [-0.2, 0) is 5.41 Å². The van der Waals surface area contributed by atoms with E-state index in [1.165, 1.54) is 5.56 Å². The van der Waals surface area contributed by atoms with Crippen molar-refractivity contribution in [1.82, 2.24) is 10.6 Å². The van der Waals surface area contributed by atoms with Crippen molar-refractivity contribution in [1.29, 1.82) is 0 Å². The predicted molar refractivity (Wildman–Crippen MR) is 77.5 cm³/mol. The molecule has 1 heterocycles. The molecule has 106 valence electrons. The van der Waals surface area contributed by atoms with Gasteiger partial charge in [-0.3, -0.25) is 15.6 Å². The number of nitrogens with one attached hydrogen (secondary N) is 2. The van der Waals surface area contributed by atoms with Gasteiger partial charge in [0.1, 0.15) is 5.76 Å². The minimum Gasteiger partial charge on any atom is -0.361 e. The van der Waals surface area contributed by atoms with E-state index < -0.39 is 0 Å². The van der Waals surface area contributed by atoms with Gasteiger partial charge in [0.15, 0.2) is 5.69 Å². The summed E-state index contributed by atoms with van der Waals surface area (Å²) < 4.78 is 4.85. The van der Waals surface area contributed by atoms with Crippen LogP contribution in [0.5, 0.6) is 0 Å². The highest BCUT2D eigenvalue weighted by atomic mass is 16.5. The van der Waals surface area contributed by atoms with Crippen molar-refractivity contribution in [2.45, 2.75) is 33.1 Å². The smallest absolute Gasteiger partial charge is 0.291 e. The molecule has 20 heavy (non-hydrogen) atoms. The lowest BCUT2D eigenvalue weighted by atomic mass is 9.87. The molecule has 2 rings (SSSR count). The molecule has 0 radical (unpaired) electrons. The first-order valence-electron chi connectivity index (χ1n) is 6.46. The van der Waals surface area contributed by atoms with Crippen LogP contribution in [0.4, 0.5) is 5.69 Å². The minimum atomic E-state index is -0.332. The van der Waals surface area contributed by atoms with E-state index in [9.17, 15) is 4.79 Å². The monoisotopic (exact) mass is 273 g/mol. The number of rotatable bonds is 3. The maximum atomic E-state index is 11.8. The molecule has 5 nitrogen and oxygen atoms in total. The second-order valence-electron chi connectivity index (χ2n) is 5.73. The van der Waals surface area contributed by atoms with Gasteiger partial charge < -0.3 is 4.52 Å². The highest BCUT2D eigenvalue weighted by Crippen LogP contribution is 2.23. The lowest BCUT2D eigenvalue weighted by Gasteiger charge is -2.19. The highest BCUT2D eigenvalue weighted by Gasteiger charge is 2.13. The summed E-state index contributed by atoms with van der Waals surface area (Å²) in [6, 6.07) is 9.51. The fourth-order valence-electron chi connectivity index (χ4n) is 1.72. The van der Waals surface area contributed by atoms with Crippen molar-refractivity contribution in [3.63, 3.8) is 0 Å². The number of aromatic nitrogens is 1. The van der Waals surface area contributed by atoms with E-state index in [4.69, 9.17) is 4.52 Å². The molecule has 5 heteroatoms. The summed E-state index contributed by atoms with van der Waals surface area (Å²) in [5.74, 6) is 0.270. The number of hydrogen-bond donors (Lipinski definition) is 2. The first-order valence-corrected chi connectivity index (χ1v) is 6.46. The molecule has 0 bridgehead atoms. The third-order valence-corrected chi connectivity index (χ3v) is 2.93. The molecular formula is C15H19N3O2. The first-order chi connectivity index (χ1) is 9.36. The van der Waals surface area contributed by atoms with Crippen molar-refractivity contribution in [2.24, 2.45) is 0 Å². The Labute approximate surface area is 118 Å². The third kappa shape index (κ3) is 3.38. The number of hydrazine groups is 1. The average molecular weight is 273 g/mol. The molecule has 0 saturated heterocycles. The topological polar surface area (TPSA) is 67.2 Å².